The lowest BCUT2D eigenvalue weighted by Crippen LogP contribution is -2.40. The zero-order valence-electron chi connectivity index (χ0n) is 15.2. The molecule has 0 unspecified atom stereocenters. The van der Waals surface area contributed by atoms with Crippen molar-refractivity contribution in [2.24, 2.45) is 0 Å². The van der Waals surface area contributed by atoms with E-state index in [1.165, 1.54) is 14.2 Å². The van der Waals surface area contributed by atoms with Gasteiger partial charge in [0.15, 0.2) is 11.5 Å². The molecule has 1 aromatic heterocycles. The summed E-state index contributed by atoms with van der Waals surface area (Å²) in [5, 5.41) is 5.15. The maximum Gasteiger partial charge on any atom is 0.313 e. The summed E-state index contributed by atoms with van der Waals surface area (Å²) >= 11 is 0. The van der Waals surface area contributed by atoms with Gasteiger partial charge in [-0.3, -0.25) is 14.5 Å². The molecule has 0 fully saturated rings. The Morgan fingerprint density at radius 3 is 2.42 bits per heavy atom. The van der Waals surface area contributed by atoms with Gasteiger partial charge in [-0.05, 0) is 38.4 Å². The molecule has 140 valence electrons. The van der Waals surface area contributed by atoms with E-state index in [0.29, 0.717) is 22.9 Å². The second kappa shape index (κ2) is 8.91. The van der Waals surface area contributed by atoms with Gasteiger partial charge in [-0.25, -0.2) is 0 Å². The van der Waals surface area contributed by atoms with Crippen LogP contribution in [-0.2, 0) is 9.59 Å². The Balaban J connectivity index is 1.96. The summed E-state index contributed by atoms with van der Waals surface area (Å²) in [6.45, 7) is 0.235. The predicted octanol–water partition coefficient (Wildman–Crippen LogP) is 1.65. The fraction of sp³-hybridized carbons (Fsp3) is 0.333. The maximum atomic E-state index is 12.1. The molecule has 0 aliphatic rings. The molecule has 0 bridgehead atoms. The zero-order valence-corrected chi connectivity index (χ0v) is 15.2. The molecule has 8 heteroatoms. The number of hydrogen-bond donors (Lipinski definition) is 2. The minimum Gasteiger partial charge on any atom is -0.493 e. The van der Waals surface area contributed by atoms with Crippen LogP contribution >= 0.6 is 0 Å². The average molecular weight is 361 g/mol. The fourth-order valence-corrected chi connectivity index (χ4v) is 2.39. The molecule has 1 aromatic carbocycles. The number of hydrogen-bond acceptors (Lipinski definition) is 6. The molecule has 0 aliphatic heterocycles. The number of carbonyl (C=O) groups excluding carboxylic acids is 2. The molecule has 2 aromatic rings. The van der Waals surface area contributed by atoms with Crippen LogP contribution in [0.25, 0.3) is 0 Å². The molecule has 1 heterocycles. The van der Waals surface area contributed by atoms with Crippen molar-refractivity contribution >= 4 is 17.5 Å². The van der Waals surface area contributed by atoms with E-state index in [9.17, 15) is 9.59 Å². The largest absolute Gasteiger partial charge is 0.493 e. The van der Waals surface area contributed by atoms with Gasteiger partial charge >= 0.3 is 11.8 Å². The van der Waals surface area contributed by atoms with Crippen molar-refractivity contribution in [2.75, 3.05) is 40.2 Å². The standard InChI is InChI=1S/C18H23N3O5/c1-21(2)13(14-6-5-9-26-14)11-19-17(22)18(23)20-12-7-8-15(24-3)16(10-12)25-4/h5-10,13H,11H2,1-4H3,(H,19,22)(H,20,23)/t13-/m1/s1. The normalized spacial score (nSPS) is 11.7. The van der Waals surface area contributed by atoms with Crippen LogP contribution < -0.4 is 20.1 Å². The highest BCUT2D eigenvalue weighted by atomic mass is 16.5. The Bertz CT molecular complexity index is 743. The third-order valence-corrected chi connectivity index (χ3v) is 3.80. The average Bonchev–Trinajstić information content (AvgIpc) is 3.15. The van der Waals surface area contributed by atoms with E-state index in [0.717, 1.165) is 0 Å². The van der Waals surface area contributed by atoms with Gasteiger partial charge in [0.25, 0.3) is 0 Å². The molecule has 8 nitrogen and oxygen atoms in total. The topological polar surface area (TPSA) is 93.0 Å². The highest BCUT2D eigenvalue weighted by Crippen LogP contribution is 2.29. The first kappa shape index (κ1) is 19.3. The number of anilines is 1. The molecule has 0 radical (unpaired) electrons. The predicted molar refractivity (Wildman–Crippen MR) is 96.3 cm³/mol. The monoisotopic (exact) mass is 361 g/mol. The van der Waals surface area contributed by atoms with Gasteiger partial charge in [0, 0.05) is 18.3 Å². The number of amides is 2. The number of carbonyl (C=O) groups is 2. The van der Waals surface area contributed by atoms with Gasteiger partial charge in [-0.1, -0.05) is 0 Å². The lowest BCUT2D eigenvalue weighted by Gasteiger charge is -2.22. The quantitative estimate of drug-likeness (QED) is 0.729. The van der Waals surface area contributed by atoms with E-state index < -0.39 is 11.8 Å². The van der Waals surface area contributed by atoms with Crippen LogP contribution in [0.4, 0.5) is 5.69 Å². The first-order valence-electron chi connectivity index (χ1n) is 7.97. The van der Waals surface area contributed by atoms with Crippen molar-refractivity contribution in [3.8, 4) is 11.5 Å². The molecule has 2 rings (SSSR count). The van der Waals surface area contributed by atoms with Crippen LogP contribution in [0.3, 0.4) is 0 Å². The van der Waals surface area contributed by atoms with E-state index in [1.54, 1.807) is 30.5 Å². The first-order valence-corrected chi connectivity index (χ1v) is 7.97. The smallest absolute Gasteiger partial charge is 0.313 e. The Hall–Kier alpha value is -3.00. The Morgan fingerprint density at radius 1 is 1.12 bits per heavy atom. The number of likely N-dealkylation sites (N-methyl/N-ethyl adjacent to an activating group) is 1. The zero-order chi connectivity index (χ0) is 19.1. The second-order valence-corrected chi connectivity index (χ2v) is 5.73. The molecule has 26 heavy (non-hydrogen) atoms. The molecular weight excluding hydrogens is 338 g/mol. The van der Waals surface area contributed by atoms with Gasteiger partial charge in [0.1, 0.15) is 5.76 Å². The van der Waals surface area contributed by atoms with Crippen molar-refractivity contribution in [1.29, 1.82) is 0 Å². The van der Waals surface area contributed by atoms with Crippen LogP contribution in [0.2, 0.25) is 0 Å². The van der Waals surface area contributed by atoms with E-state index in [-0.39, 0.29) is 12.6 Å². The van der Waals surface area contributed by atoms with Crippen molar-refractivity contribution in [3.63, 3.8) is 0 Å². The van der Waals surface area contributed by atoms with Crippen molar-refractivity contribution in [3.05, 3.63) is 42.4 Å². The van der Waals surface area contributed by atoms with E-state index in [2.05, 4.69) is 10.6 Å². The molecule has 0 aliphatic carbocycles. The number of benzene rings is 1. The van der Waals surface area contributed by atoms with Gasteiger partial charge in [-0.15, -0.1) is 0 Å². The fourth-order valence-electron chi connectivity index (χ4n) is 2.39. The van der Waals surface area contributed by atoms with Gasteiger partial charge in [-0.2, -0.15) is 0 Å². The van der Waals surface area contributed by atoms with Gasteiger partial charge < -0.3 is 24.5 Å². The highest BCUT2D eigenvalue weighted by Gasteiger charge is 2.21. The van der Waals surface area contributed by atoms with Crippen LogP contribution in [0.15, 0.2) is 41.0 Å². The Morgan fingerprint density at radius 2 is 1.85 bits per heavy atom. The number of methoxy groups -OCH3 is 2. The van der Waals surface area contributed by atoms with Gasteiger partial charge in [0.2, 0.25) is 0 Å². The van der Waals surface area contributed by atoms with Gasteiger partial charge in [0.05, 0.1) is 26.5 Å². The summed E-state index contributed by atoms with van der Waals surface area (Å²) in [6.07, 6.45) is 1.57. The summed E-state index contributed by atoms with van der Waals surface area (Å²) in [5.74, 6) is 0.182. The summed E-state index contributed by atoms with van der Waals surface area (Å²) in [4.78, 5) is 26.1. The minimum atomic E-state index is -0.769. The number of ether oxygens (including phenoxy) is 2. The van der Waals surface area contributed by atoms with Crippen LogP contribution in [0.5, 0.6) is 11.5 Å². The third-order valence-electron chi connectivity index (χ3n) is 3.80. The summed E-state index contributed by atoms with van der Waals surface area (Å²) in [7, 11) is 6.74. The molecule has 0 saturated carbocycles. The third kappa shape index (κ3) is 4.76. The number of nitrogens with one attached hydrogen (secondary N) is 2. The van der Waals surface area contributed by atoms with E-state index in [1.807, 2.05) is 25.1 Å². The summed E-state index contributed by atoms with van der Waals surface area (Å²) in [5.41, 5.74) is 0.429. The summed E-state index contributed by atoms with van der Waals surface area (Å²) in [6, 6.07) is 8.26. The Labute approximate surface area is 152 Å². The molecule has 0 spiro atoms. The number of furan rings is 1. The van der Waals surface area contributed by atoms with Crippen LogP contribution in [-0.4, -0.2) is 51.6 Å². The molecular formula is C18H23N3O5. The lowest BCUT2D eigenvalue weighted by molar-refractivity contribution is -0.136. The van der Waals surface area contributed by atoms with Crippen molar-refractivity contribution in [1.82, 2.24) is 10.2 Å². The van der Waals surface area contributed by atoms with Crippen LogP contribution in [0.1, 0.15) is 11.8 Å². The maximum absolute atomic E-state index is 12.1. The SMILES string of the molecule is COc1ccc(NC(=O)C(=O)NC[C@H](c2ccco2)N(C)C)cc1OC. The first-order chi connectivity index (χ1) is 12.5. The highest BCUT2D eigenvalue weighted by molar-refractivity contribution is 6.39. The van der Waals surface area contributed by atoms with E-state index in [4.69, 9.17) is 13.9 Å². The molecule has 1 atom stereocenters. The van der Waals surface area contributed by atoms with Crippen molar-refractivity contribution in [2.45, 2.75) is 6.04 Å². The van der Waals surface area contributed by atoms with E-state index >= 15 is 0 Å². The molecule has 0 saturated heterocycles. The lowest BCUT2D eigenvalue weighted by atomic mass is 10.2. The second-order valence-electron chi connectivity index (χ2n) is 5.73. The number of rotatable bonds is 7. The minimum absolute atomic E-state index is 0.178. The number of nitrogens with zero attached hydrogens (tertiary/aromatic N) is 1. The molecule has 2 N–H and O–H groups in total. The van der Waals surface area contributed by atoms with Crippen LogP contribution in [0, 0.1) is 0 Å². The molecule has 2 amide bonds. The Kier molecular flexibility index (Phi) is 6.62. The van der Waals surface area contributed by atoms with Crippen molar-refractivity contribution < 1.29 is 23.5 Å². The summed E-state index contributed by atoms with van der Waals surface area (Å²) < 4.78 is 15.7.